The van der Waals surface area contributed by atoms with Gasteiger partial charge in [0.25, 0.3) is 0 Å². The predicted molar refractivity (Wildman–Crippen MR) is 104 cm³/mol. The van der Waals surface area contributed by atoms with Crippen LogP contribution in [0, 0.1) is 6.92 Å². The van der Waals surface area contributed by atoms with Crippen molar-refractivity contribution in [3.05, 3.63) is 41.6 Å². The van der Waals surface area contributed by atoms with E-state index in [9.17, 15) is 16.8 Å². The Morgan fingerprint density at radius 3 is 2.15 bits per heavy atom. The highest BCUT2D eigenvalue weighted by atomic mass is 32.2. The normalized spacial score (nSPS) is 15.4. The molecule has 1 aliphatic carbocycles. The van der Waals surface area contributed by atoms with Crippen LogP contribution in [0.3, 0.4) is 0 Å². The number of hydrogen-bond donors (Lipinski definition) is 1. The molecule has 1 aromatic heterocycles. The van der Waals surface area contributed by atoms with Gasteiger partial charge in [0.05, 0.1) is 15.3 Å². The largest absolute Gasteiger partial charge is 0.281 e. The first kappa shape index (κ1) is 18.2. The fraction of sp³-hybridized carbons (Fsp3) is 0.316. The summed E-state index contributed by atoms with van der Waals surface area (Å²) in [5.74, 6) is 0.361. The number of aromatic nitrogens is 2. The Labute approximate surface area is 158 Å². The van der Waals surface area contributed by atoms with Crippen LogP contribution < -0.4 is 0 Å². The summed E-state index contributed by atoms with van der Waals surface area (Å²) in [6.45, 7) is 1.72. The zero-order chi connectivity index (χ0) is 19.6. The number of aryl methyl sites for hydroxylation is 1. The lowest BCUT2D eigenvalue weighted by molar-refractivity contribution is 0.599. The maximum absolute atomic E-state index is 12.5. The third kappa shape index (κ3) is 3.17. The van der Waals surface area contributed by atoms with E-state index in [1.807, 2.05) is 0 Å². The SMILES string of the molecule is Cc1cc(-c2c(S(C)(=O)=O)ccc3n[nH]c(C4CC4)c23)ccc1S(C)(=O)=O. The first-order chi connectivity index (χ1) is 12.6. The average Bonchev–Trinajstić information content (AvgIpc) is 3.30. The minimum absolute atomic E-state index is 0.227. The van der Waals surface area contributed by atoms with Gasteiger partial charge in [-0.15, -0.1) is 0 Å². The van der Waals surface area contributed by atoms with Crippen molar-refractivity contribution in [2.45, 2.75) is 35.5 Å². The second-order valence-electron chi connectivity index (χ2n) is 7.27. The molecule has 8 heteroatoms. The lowest BCUT2D eigenvalue weighted by Gasteiger charge is -2.13. The van der Waals surface area contributed by atoms with Crippen molar-refractivity contribution < 1.29 is 16.8 Å². The summed E-state index contributed by atoms with van der Waals surface area (Å²) in [6.07, 6.45) is 4.45. The number of sulfone groups is 2. The molecule has 1 aliphatic rings. The molecule has 0 amide bonds. The number of rotatable bonds is 4. The van der Waals surface area contributed by atoms with Gasteiger partial charge in [-0.25, -0.2) is 16.8 Å². The van der Waals surface area contributed by atoms with E-state index < -0.39 is 19.7 Å². The topological polar surface area (TPSA) is 97.0 Å². The van der Waals surface area contributed by atoms with Crippen LogP contribution in [-0.4, -0.2) is 39.5 Å². The summed E-state index contributed by atoms with van der Waals surface area (Å²) in [4.78, 5) is 0.471. The van der Waals surface area contributed by atoms with E-state index in [0.29, 0.717) is 28.1 Å². The molecule has 1 N–H and O–H groups in total. The number of nitrogens with one attached hydrogen (secondary N) is 1. The van der Waals surface area contributed by atoms with Crippen molar-refractivity contribution in [1.82, 2.24) is 10.2 Å². The number of H-pyrrole nitrogens is 1. The summed E-state index contributed by atoms with van der Waals surface area (Å²) in [6, 6.07) is 8.25. The van der Waals surface area contributed by atoms with Crippen LogP contribution in [0.5, 0.6) is 0 Å². The highest BCUT2D eigenvalue weighted by molar-refractivity contribution is 7.91. The molecule has 4 rings (SSSR count). The van der Waals surface area contributed by atoms with Gasteiger partial charge in [-0.05, 0) is 49.1 Å². The van der Waals surface area contributed by atoms with Crippen LogP contribution in [0.25, 0.3) is 22.0 Å². The fourth-order valence-electron chi connectivity index (χ4n) is 3.60. The highest BCUT2D eigenvalue weighted by Crippen LogP contribution is 2.46. The second kappa shape index (κ2) is 5.90. The molecular formula is C19H20N2O4S2. The van der Waals surface area contributed by atoms with Gasteiger partial charge in [0.15, 0.2) is 19.7 Å². The molecule has 0 atom stereocenters. The van der Waals surface area contributed by atoms with E-state index in [1.54, 1.807) is 37.3 Å². The molecule has 0 spiro atoms. The molecule has 1 fully saturated rings. The zero-order valence-electron chi connectivity index (χ0n) is 15.3. The van der Waals surface area contributed by atoms with Gasteiger partial charge in [0, 0.05) is 35.1 Å². The van der Waals surface area contributed by atoms with E-state index in [4.69, 9.17) is 0 Å². The molecule has 0 bridgehead atoms. The average molecular weight is 405 g/mol. The Bertz CT molecular complexity index is 1280. The Morgan fingerprint density at radius 2 is 1.59 bits per heavy atom. The van der Waals surface area contributed by atoms with E-state index in [-0.39, 0.29) is 9.79 Å². The van der Waals surface area contributed by atoms with Gasteiger partial charge in [-0.2, -0.15) is 5.10 Å². The molecule has 0 radical (unpaired) electrons. The molecule has 6 nitrogen and oxygen atoms in total. The Kier molecular flexibility index (Phi) is 3.98. The maximum atomic E-state index is 12.5. The van der Waals surface area contributed by atoms with E-state index in [1.165, 1.54) is 12.5 Å². The van der Waals surface area contributed by atoms with E-state index in [0.717, 1.165) is 23.9 Å². The standard InChI is InChI=1S/C19H20N2O4S2/c1-11-10-13(6-8-15(11)26(2,22)23)17-16(27(3,24)25)9-7-14-18(17)19(21-20-14)12-4-5-12/h6-10,12H,4-5H2,1-3H3,(H,20,21). The first-order valence-corrected chi connectivity index (χ1v) is 12.4. The molecule has 1 saturated carbocycles. The zero-order valence-corrected chi connectivity index (χ0v) is 16.9. The van der Waals surface area contributed by atoms with E-state index in [2.05, 4.69) is 10.2 Å². The third-order valence-corrected chi connectivity index (χ3v) is 7.36. The minimum atomic E-state index is -3.48. The van der Waals surface area contributed by atoms with Crippen molar-refractivity contribution in [1.29, 1.82) is 0 Å². The van der Waals surface area contributed by atoms with Crippen molar-refractivity contribution in [2.24, 2.45) is 0 Å². The Morgan fingerprint density at radius 1 is 0.963 bits per heavy atom. The summed E-state index contributed by atoms with van der Waals surface area (Å²) in [5, 5.41) is 8.24. The van der Waals surface area contributed by atoms with Gasteiger partial charge < -0.3 is 0 Å². The van der Waals surface area contributed by atoms with Crippen molar-refractivity contribution in [2.75, 3.05) is 12.5 Å². The molecule has 27 heavy (non-hydrogen) atoms. The summed E-state index contributed by atoms with van der Waals surface area (Å²) in [7, 11) is -6.84. The summed E-state index contributed by atoms with van der Waals surface area (Å²) >= 11 is 0. The first-order valence-electron chi connectivity index (χ1n) is 8.59. The second-order valence-corrected chi connectivity index (χ2v) is 11.2. The number of benzene rings is 2. The minimum Gasteiger partial charge on any atom is -0.281 e. The number of hydrogen-bond acceptors (Lipinski definition) is 5. The Balaban J connectivity index is 2.08. The van der Waals surface area contributed by atoms with Gasteiger partial charge in [-0.3, -0.25) is 5.10 Å². The van der Waals surface area contributed by atoms with Crippen LogP contribution in [-0.2, 0) is 19.7 Å². The van der Waals surface area contributed by atoms with Crippen LogP contribution in [0.4, 0.5) is 0 Å². The van der Waals surface area contributed by atoms with Crippen molar-refractivity contribution in [3.8, 4) is 11.1 Å². The summed E-state index contributed by atoms with van der Waals surface area (Å²) in [5.41, 5.74) is 3.52. The quantitative estimate of drug-likeness (QED) is 0.720. The van der Waals surface area contributed by atoms with Gasteiger partial charge in [0.2, 0.25) is 0 Å². The molecule has 0 unspecified atom stereocenters. The highest BCUT2D eigenvalue weighted by Gasteiger charge is 2.30. The molecule has 2 aromatic carbocycles. The monoisotopic (exact) mass is 404 g/mol. The predicted octanol–water partition coefficient (Wildman–Crippen LogP) is 3.22. The lowest BCUT2D eigenvalue weighted by atomic mass is 9.97. The number of aromatic amines is 1. The molecule has 0 saturated heterocycles. The van der Waals surface area contributed by atoms with Crippen LogP contribution in [0.15, 0.2) is 40.1 Å². The maximum Gasteiger partial charge on any atom is 0.176 e. The van der Waals surface area contributed by atoms with Crippen LogP contribution >= 0.6 is 0 Å². The molecule has 1 heterocycles. The third-order valence-electron chi connectivity index (χ3n) is 4.96. The molecule has 142 valence electrons. The van der Waals surface area contributed by atoms with Crippen molar-refractivity contribution in [3.63, 3.8) is 0 Å². The smallest absolute Gasteiger partial charge is 0.176 e. The lowest BCUT2D eigenvalue weighted by Crippen LogP contribution is -2.03. The molecular weight excluding hydrogens is 384 g/mol. The van der Waals surface area contributed by atoms with Gasteiger partial charge in [0.1, 0.15) is 0 Å². The fourth-order valence-corrected chi connectivity index (χ4v) is 5.46. The number of fused-ring (bicyclic) bond motifs is 1. The van der Waals surface area contributed by atoms with Crippen molar-refractivity contribution >= 4 is 30.6 Å². The van der Waals surface area contributed by atoms with Gasteiger partial charge in [-0.1, -0.05) is 12.1 Å². The molecule has 3 aromatic rings. The van der Waals surface area contributed by atoms with Crippen LogP contribution in [0.2, 0.25) is 0 Å². The molecule has 0 aliphatic heterocycles. The van der Waals surface area contributed by atoms with Crippen LogP contribution in [0.1, 0.15) is 30.0 Å². The van der Waals surface area contributed by atoms with Gasteiger partial charge >= 0.3 is 0 Å². The summed E-state index contributed by atoms with van der Waals surface area (Å²) < 4.78 is 48.8. The number of nitrogens with zero attached hydrogens (tertiary/aromatic N) is 1. The van der Waals surface area contributed by atoms with E-state index >= 15 is 0 Å². The Hall–Kier alpha value is -2.19.